The molecule has 0 atom stereocenters. The molecule has 4 heteroatoms. The smallest absolute Gasteiger partial charge is 0.336 e. The van der Waals surface area contributed by atoms with Crippen LogP contribution in [0.3, 0.4) is 0 Å². The maximum atomic E-state index is 11.3. The van der Waals surface area contributed by atoms with E-state index in [9.17, 15) is 14.7 Å². The van der Waals surface area contributed by atoms with Crippen LogP contribution in [0.25, 0.3) is 11.1 Å². The third kappa shape index (κ3) is 3.63. The Labute approximate surface area is 150 Å². The maximum absolute atomic E-state index is 11.3. The van der Waals surface area contributed by atoms with Crippen molar-refractivity contribution in [1.29, 1.82) is 0 Å². The van der Waals surface area contributed by atoms with E-state index in [1.807, 2.05) is 54.6 Å². The minimum absolute atomic E-state index is 0.257. The van der Waals surface area contributed by atoms with Gasteiger partial charge in [-0.05, 0) is 35.4 Å². The Bertz CT molecular complexity index is 1040. The molecule has 0 fully saturated rings. The SMILES string of the molecule is O=C(O)c1ccc(C#Cc2ccccc2-c2ccccc2)cc1C(=O)O. The molecule has 0 heterocycles. The number of carbonyl (C=O) groups is 2. The van der Waals surface area contributed by atoms with Crippen molar-refractivity contribution in [3.05, 3.63) is 95.1 Å². The van der Waals surface area contributed by atoms with Gasteiger partial charge >= 0.3 is 11.9 Å². The monoisotopic (exact) mass is 342 g/mol. The van der Waals surface area contributed by atoms with Crippen molar-refractivity contribution < 1.29 is 19.8 Å². The summed E-state index contributed by atoms with van der Waals surface area (Å²) in [6.45, 7) is 0. The topological polar surface area (TPSA) is 74.6 Å². The van der Waals surface area contributed by atoms with Crippen molar-refractivity contribution >= 4 is 11.9 Å². The fraction of sp³-hybridized carbons (Fsp3) is 0. The molecule has 0 aromatic heterocycles. The molecule has 0 amide bonds. The maximum Gasteiger partial charge on any atom is 0.336 e. The van der Waals surface area contributed by atoms with Gasteiger partial charge in [0.05, 0.1) is 11.1 Å². The Balaban J connectivity index is 2.03. The van der Waals surface area contributed by atoms with E-state index in [2.05, 4.69) is 11.8 Å². The molecule has 0 saturated carbocycles. The molecule has 0 bridgehead atoms. The highest BCUT2D eigenvalue weighted by atomic mass is 16.4. The van der Waals surface area contributed by atoms with Crippen molar-refractivity contribution in [2.24, 2.45) is 0 Å². The van der Waals surface area contributed by atoms with Gasteiger partial charge in [-0.1, -0.05) is 60.4 Å². The summed E-state index contributed by atoms with van der Waals surface area (Å²) in [5.41, 5.74) is 2.72. The summed E-state index contributed by atoms with van der Waals surface area (Å²) in [5.74, 6) is 3.40. The number of hydrogen-bond donors (Lipinski definition) is 2. The lowest BCUT2D eigenvalue weighted by Crippen LogP contribution is -2.08. The Morgan fingerprint density at radius 3 is 2.04 bits per heavy atom. The first-order valence-corrected chi connectivity index (χ1v) is 7.83. The third-order valence-electron chi connectivity index (χ3n) is 3.83. The number of carboxylic acid groups (broad SMARTS) is 2. The van der Waals surface area contributed by atoms with Crippen LogP contribution >= 0.6 is 0 Å². The Hall–Kier alpha value is -3.84. The van der Waals surface area contributed by atoms with E-state index in [0.717, 1.165) is 16.7 Å². The molecule has 3 aromatic carbocycles. The van der Waals surface area contributed by atoms with E-state index in [0.29, 0.717) is 5.56 Å². The number of benzene rings is 3. The lowest BCUT2D eigenvalue weighted by Gasteiger charge is -2.04. The lowest BCUT2D eigenvalue weighted by molar-refractivity contribution is 0.0651. The van der Waals surface area contributed by atoms with Crippen LogP contribution in [0.15, 0.2) is 72.8 Å². The van der Waals surface area contributed by atoms with E-state index in [4.69, 9.17) is 5.11 Å². The number of rotatable bonds is 3. The molecule has 0 aliphatic carbocycles. The first-order valence-electron chi connectivity index (χ1n) is 7.83. The summed E-state index contributed by atoms with van der Waals surface area (Å²) in [6.07, 6.45) is 0. The van der Waals surface area contributed by atoms with Crippen molar-refractivity contribution in [1.82, 2.24) is 0 Å². The standard InChI is InChI=1S/C22H14O4/c23-21(24)19-13-11-15(14-20(19)22(25)26)10-12-17-8-4-5-9-18(17)16-6-2-1-3-7-16/h1-9,11,13-14H,(H,23,24)(H,25,26). The summed E-state index contributed by atoms with van der Waals surface area (Å²) >= 11 is 0. The van der Waals surface area contributed by atoms with Crippen LogP contribution in [0.1, 0.15) is 31.8 Å². The summed E-state index contributed by atoms with van der Waals surface area (Å²) in [7, 11) is 0. The highest BCUT2D eigenvalue weighted by molar-refractivity contribution is 6.02. The second kappa shape index (κ2) is 7.37. The van der Waals surface area contributed by atoms with E-state index >= 15 is 0 Å². The molecule has 126 valence electrons. The van der Waals surface area contributed by atoms with Gasteiger partial charge in [-0.2, -0.15) is 0 Å². The van der Waals surface area contributed by atoms with Gasteiger partial charge in [-0.15, -0.1) is 0 Å². The van der Waals surface area contributed by atoms with Gasteiger partial charge in [0.1, 0.15) is 0 Å². The van der Waals surface area contributed by atoms with Gasteiger partial charge in [-0.25, -0.2) is 9.59 Å². The van der Waals surface area contributed by atoms with Gasteiger partial charge in [0.2, 0.25) is 0 Å². The minimum atomic E-state index is -1.30. The molecule has 3 rings (SSSR count). The van der Waals surface area contributed by atoms with Crippen molar-refractivity contribution in [2.75, 3.05) is 0 Å². The molecule has 26 heavy (non-hydrogen) atoms. The van der Waals surface area contributed by atoms with Gasteiger partial charge in [-0.3, -0.25) is 0 Å². The number of carboxylic acids is 2. The van der Waals surface area contributed by atoms with Crippen LogP contribution in [-0.4, -0.2) is 22.2 Å². The molecular formula is C22H14O4. The Morgan fingerprint density at radius 1 is 0.692 bits per heavy atom. The molecular weight excluding hydrogens is 328 g/mol. The average molecular weight is 342 g/mol. The lowest BCUT2D eigenvalue weighted by atomic mass is 9.99. The molecule has 0 aliphatic rings. The molecule has 0 unspecified atom stereocenters. The van der Waals surface area contributed by atoms with E-state index in [1.54, 1.807) is 0 Å². The second-order valence-electron chi connectivity index (χ2n) is 5.53. The third-order valence-corrected chi connectivity index (χ3v) is 3.83. The van der Waals surface area contributed by atoms with Crippen molar-refractivity contribution in [3.8, 4) is 23.0 Å². The second-order valence-corrected chi connectivity index (χ2v) is 5.53. The molecule has 2 N–H and O–H groups in total. The first-order chi connectivity index (χ1) is 12.6. The van der Waals surface area contributed by atoms with Gasteiger partial charge in [0.15, 0.2) is 0 Å². The first kappa shape index (κ1) is 17.0. The number of aromatic carboxylic acids is 2. The normalized spacial score (nSPS) is 9.85. The van der Waals surface area contributed by atoms with Crippen LogP contribution in [0.4, 0.5) is 0 Å². The quantitative estimate of drug-likeness (QED) is 0.701. The minimum Gasteiger partial charge on any atom is -0.478 e. The molecule has 0 saturated heterocycles. The van der Waals surface area contributed by atoms with E-state index < -0.39 is 11.9 Å². The zero-order valence-electron chi connectivity index (χ0n) is 13.6. The Morgan fingerprint density at radius 2 is 1.35 bits per heavy atom. The number of hydrogen-bond acceptors (Lipinski definition) is 2. The fourth-order valence-electron chi connectivity index (χ4n) is 2.59. The summed E-state index contributed by atoms with van der Waals surface area (Å²) < 4.78 is 0. The molecule has 4 nitrogen and oxygen atoms in total. The fourth-order valence-corrected chi connectivity index (χ4v) is 2.59. The van der Waals surface area contributed by atoms with Crippen LogP contribution in [0.2, 0.25) is 0 Å². The van der Waals surface area contributed by atoms with Crippen LogP contribution < -0.4 is 0 Å². The predicted octanol–water partition coefficient (Wildman–Crippen LogP) is 4.15. The summed E-state index contributed by atoms with van der Waals surface area (Å²) in [6, 6.07) is 21.5. The average Bonchev–Trinajstić information content (AvgIpc) is 2.67. The summed E-state index contributed by atoms with van der Waals surface area (Å²) in [4.78, 5) is 22.4. The molecule has 3 aromatic rings. The zero-order valence-corrected chi connectivity index (χ0v) is 13.6. The van der Waals surface area contributed by atoms with E-state index in [1.165, 1.54) is 18.2 Å². The Kier molecular flexibility index (Phi) is 4.82. The zero-order chi connectivity index (χ0) is 18.5. The van der Waals surface area contributed by atoms with Gasteiger partial charge < -0.3 is 10.2 Å². The molecule has 0 spiro atoms. The van der Waals surface area contributed by atoms with Crippen LogP contribution in [0, 0.1) is 11.8 Å². The highest BCUT2D eigenvalue weighted by Crippen LogP contribution is 2.22. The summed E-state index contributed by atoms with van der Waals surface area (Å²) in [5, 5.41) is 18.3. The highest BCUT2D eigenvalue weighted by Gasteiger charge is 2.15. The largest absolute Gasteiger partial charge is 0.478 e. The van der Waals surface area contributed by atoms with Crippen LogP contribution in [-0.2, 0) is 0 Å². The van der Waals surface area contributed by atoms with Crippen LogP contribution in [0.5, 0.6) is 0 Å². The van der Waals surface area contributed by atoms with Crippen molar-refractivity contribution in [3.63, 3.8) is 0 Å². The molecule has 0 radical (unpaired) electrons. The van der Waals surface area contributed by atoms with E-state index in [-0.39, 0.29) is 11.1 Å². The predicted molar refractivity (Wildman–Crippen MR) is 98.2 cm³/mol. The van der Waals surface area contributed by atoms with Crippen molar-refractivity contribution in [2.45, 2.75) is 0 Å². The van der Waals surface area contributed by atoms with Gasteiger partial charge in [0.25, 0.3) is 0 Å². The molecule has 0 aliphatic heterocycles. The van der Waals surface area contributed by atoms with Gasteiger partial charge in [0, 0.05) is 11.1 Å².